The zero-order chi connectivity index (χ0) is 13.8. The van der Waals surface area contributed by atoms with Crippen LogP contribution in [-0.4, -0.2) is 6.04 Å². The second kappa shape index (κ2) is 4.30. The topological polar surface area (TPSA) is 12.0 Å². The van der Waals surface area contributed by atoms with Gasteiger partial charge in [0.25, 0.3) is 0 Å². The monoisotopic (exact) mass is 297 g/mol. The van der Waals surface area contributed by atoms with Gasteiger partial charge in [-0.25, -0.2) is 0 Å². The van der Waals surface area contributed by atoms with Gasteiger partial charge in [-0.05, 0) is 54.2 Å². The number of hydrogen-bond acceptors (Lipinski definition) is 1. The third-order valence-electron chi connectivity index (χ3n) is 5.50. The Morgan fingerprint density at radius 2 is 1.95 bits per heavy atom. The molecular weight excluding hydrogens is 277 g/mol. The van der Waals surface area contributed by atoms with Gasteiger partial charge in [-0.3, -0.25) is 0 Å². The molecule has 1 N–H and O–H groups in total. The Morgan fingerprint density at radius 1 is 1.21 bits per heavy atom. The van der Waals surface area contributed by atoms with E-state index in [4.69, 9.17) is 23.2 Å². The highest BCUT2D eigenvalue weighted by atomic mass is 35.5. The maximum Gasteiger partial charge on any atom is 0.0638 e. The first-order valence-electron chi connectivity index (χ1n) is 7.04. The van der Waals surface area contributed by atoms with E-state index in [0.717, 1.165) is 21.7 Å². The molecular formula is C16H21Cl2N. The lowest BCUT2D eigenvalue weighted by molar-refractivity contribution is 0.155. The van der Waals surface area contributed by atoms with Gasteiger partial charge in [0.1, 0.15) is 0 Å². The molecule has 19 heavy (non-hydrogen) atoms. The van der Waals surface area contributed by atoms with Crippen LogP contribution in [0.5, 0.6) is 0 Å². The first kappa shape index (κ1) is 13.6. The number of benzene rings is 1. The van der Waals surface area contributed by atoms with Crippen molar-refractivity contribution in [2.24, 2.45) is 16.7 Å². The molecule has 1 aromatic carbocycles. The van der Waals surface area contributed by atoms with E-state index in [2.05, 4.69) is 26.1 Å². The summed E-state index contributed by atoms with van der Waals surface area (Å²) in [6.45, 7) is 7.19. The summed E-state index contributed by atoms with van der Waals surface area (Å²) in [4.78, 5) is 0. The minimum atomic E-state index is 0.318. The Kier molecular flexibility index (Phi) is 3.07. The summed E-state index contributed by atoms with van der Waals surface area (Å²) in [7, 11) is 0. The van der Waals surface area contributed by atoms with E-state index in [1.807, 2.05) is 18.2 Å². The largest absolute Gasteiger partial charge is 0.380 e. The number of nitrogens with one attached hydrogen (secondary N) is 1. The van der Waals surface area contributed by atoms with Crippen molar-refractivity contribution < 1.29 is 0 Å². The average Bonchev–Trinajstić information content (AvgIpc) is 2.80. The zero-order valence-corrected chi connectivity index (χ0v) is 13.3. The van der Waals surface area contributed by atoms with E-state index in [0.29, 0.717) is 16.9 Å². The normalized spacial score (nSPS) is 35.6. The lowest BCUT2D eigenvalue weighted by Gasteiger charge is -2.43. The van der Waals surface area contributed by atoms with E-state index < -0.39 is 0 Å². The summed E-state index contributed by atoms with van der Waals surface area (Å²) >= 11 is 12.4. The second-order valence-corrected chi connectivity index (χ2v) is 7.96. The van der Waals surface area contributed by atoms with Crippen LogP contribution in [0, 0.1) is 16.7 Å². The van der Waals surface area contributed by atoms with E-state index in [1.165, 1.54) is 19.3 Å². The van der Waals surface area contributed by atoms with Crippen LogP contribution < -0.4 is 5.32 Å². The Hall–Kier alpha value is -0.400. The molecule has 2 bridgehead atoms. The highest BCUT2D eigenvalue weighted by Crippen LogP contribution is 2.63. The predicted octanol–water partition coefficient (Wildman–Crippen LogP) is 5.62. The van der Waals surface area contributed by atoms with Gasteiger partial charge in [-0.15, -0.1) is 0 Å². The van der Waals surface area contributed by atoms with E-state index >= 15 is 0 Å². The van der Waals surface area contributed by atoms with E-state index in [1.54, 1.807) is 0 Å². The van der Waals surface area contributed by atoms with Gasteiger partial charge in [0.05, 0.1) is 10.7 Å². The van der Waals surface area contributed by atoms with Gasteiger partial charge in [0.2, 0.25) is 0 Å². The third-order valence-corrected chi connectivity index (χ3v) is 6.06. The molecule has 2 saturated carbocycles. The molecule has 3 unspecified atom stereocenters. The lowest BCUT2D eigenvalue weighted by Crippen LogP contribution is -2.45. The van der Waals surface area contributed by atoms with E-state index in [9.17, 15) is 0 Å². The van der Waals surface area contributed by atoms with Crippen LogP contribution in [-0.2, 0) is 0 Å². The first-order valence-corrected chi connectivity index (χ1v) is 7.80. The van der Waals surface area contributed by atoms with Crippen molar-refractivity contribution in [3.05, 3.63) is 28.2 Å². The van der Waals surface area contributed by atoms with Crippen molar-refractivity contribution >= 4 is 28.9 Å². The molecule has 3 heteroatoms. The summed E-state index contributed by atoms with van der Waals surface area (Å²) < 4.78 is 0. The van der Waals surface area contributed by atoms with Gasteiger partial charge < -0.3 is 5.32 Å². The van der Waals surface area contributed by atoms with Crippen LogP contribution in [0.2, 0.25) is 10.0 Å². The summed E-state index contributed by atoms with van der Waals surface area (Å²) in [5.74, 6) is 0.827. The van der Waals surface area contributed by atoms with Crippen LogP contribution in [0.1, 0.15) is 40.0 Å². The Bertz CT molecular complexity index is 507. The van der Waals surface area contributed by atoms with Crippen molar-refractivity contribution in [3.8, 4) is 0 Å². The average molecular weight is 298 g/mol. The molecule has 0 radical (unpaired) electrons. The third kappa shape index (κ3) is 2.06. The zero-order valence-electron chi connectivity index (χ0n) is 11.8. The molecule has 0 amide bonds. The molecule has 3 rings (SSSR count). The number of hydrogen-bond donors (Lipinski definition) is 1. The van der Waals surface area contributed by atoms with Gasteiger partial charge in [-0.2, -0.15) is 0 Å². The van der Waals surface area contributed by atoms with Crippen LogP contribution >= 0.6 is 23.2 Å². The van der Waals surface area contributed by atoms with Crippen molar-refractivity contribution in [2.75, 3.05) is 5.32 Å². The van der Waals surface area contributed by atoms with E-state index in [-0.39, 0.29) is 0 Å². The smallest absolute Gasteiger partial charge is 0.0638 e. The fraction of sp³-hybridized carbons (Fsp3) is 0.625. The Labute approximate surface area is 125 Å². The molecule has 0 aromatic heterocycles. The van der Waals surface area contributed by atoms with Crippen molar-refractivity contribution in [2.45, 2.75) is 46.1 Å². The minimum absolute atomic E-state index is 0.318. The molecule has 0 spiro atoms. The standard InChI is InChI=1S/C16H21Cl2N/c1-15(2)10-6-7-16(3,9-10)14(15)19-13-8-11(17)4-5-12(13)18/h4-5,8,10,14,19H,6-7,9H2,1-3H3. The summed E-state index contributed by atoms with van der Waals surface area (Å²) in [5.41, 5.74) is 1.68. The highest BCUT2D eigenvalue weighted by molar-refractivity contribution is 6.35. The fourth-order valence-electron chi connectivity index (χ4n) is 4.43. The quantitative estimate of drug-likeness (QED) is 0.747. The van der Waals surface area contributed by atoms with Crippen LogP contribution in [0.15, 0.2) is 18.2 Å². The van der Waals surface area contributed by atoms with Crippen molar-refractivity contribution in [3.63, 3.8) is 0 Å². The molecule has 0 saturated heterocycles. The molecule has 2 aliphatic rings. The maximum atomic E-state index is 6.29. The molecule has 3 atom stereocenters. The van der Waals surface area contributed by atoms with Crippen LogP contribution in [0.25, 0.3) is 0 Å². The fourth-order valence-corrected chi connectivity index (χ4v) is 4.77. The maximum absolute atomic E-state index is 6.29. The summed E-state index contributed by atoms with van der Waals surface area (Å²) in [6.07, 6.45) is 4.01. The Balaban J connectivity index is 1.92. The predicted molar refractivity (Wildman–Crippen MR) is 83.1 cm³/mol. The molecule has 1 aromatic rings. The van der Waals surface area contributed by atoms with Gasteiger partial charge in [0, 0.05) is 11.1 Å². The van der Waals surface area contributed by atoms with Crippen LogP contribution in [0.3, 0.4) is 0 Å². The number of halogens is 2. The van der Waals surface area contributed by atoms with Gasteiger partial charge in [-0.1, -0.05) is 44.0 Å². The molecule has 1 nitrogen and oxygen atoms in total. The molecule has 2 fully saturated rings. The molecule has 2 aliphatic carbocycles. The van der Waals surface area contributed by atoms with Crippen molar-refractivity contribution in [1.29, 1.82) is 0 Å². The summed E-state index contributed by atoms with van der Waals surface area (Å²) in [5, 5.41) is 5.19. The van der Waals surface area contributed by atoms with Crippen molar-refractivity contribution in [1.82, 2.24) is 0 Å². The SMILES string of the molecule is CC12CCC(C1)C(C)(C)C2Nc1cc(Cl)ccc1Cl. The number of rotatable bonds is 2. The number of fused-ring (bicyclic) bond motifs is 2. The van der Waals surface area contributed by atoms with Gasteiger partial charge in [0.15, 0.2) is 0 Å². The molecule has 0 heterocycles. The second-order valence-electron chi connectivity index (χ2n) is 7.12. The molecule has 104 valence electrons. The minimum Gasteiger partial charge on any atom is -0.380 e. The number of anilines is 1. The summed E-state index contributed by atoms with van der Waals surface area (Å²) in [6, 6.07) is 6.11. The first-order chi connectivity index (χ1) is 8.83. The lowest BCUT2D eigenvalue weighted by atomic mass is 9.68. The van der Waals surface area contributed by atoms with Gasteiger partial charge >= 0.3 is 0 Å². The highest BCUT2D eigenvalue weighted by Gasteiger charge is 2.59. The molecule has 0 aliphatic heterocycles. The van der Waals surface area contributed by atoms with Crippen LogP contribution in [0.4, 0.5) is 5.69 Å². The Morgan fingerprint density at radius 3 is 2.58 bits per heavy atom.